The first-order valence-corrected chi connectivity index (χ1v) is 9.29. The van der Waals surface area contributed by atoms with Gasteiger partial charge in [0.15, 0.2) is 0 Å². The molecule has 1 N–H and O–H groups in total. The highest BCUT2D eigenvalue weighted by Crippen LogP contribution is 2.26. The molecular weight excluding hydrogens is 382 g/mol. The highest BCUT2D eigenvalue weighted by molar-refractivity contribution is 7.99. The monoisotopic (exact) mass is 397 g/mol. The standard InChI is InChI=1S/C20H16ClN3O2S/c1-2-13-22-20(26)14-3-7-16(8-4-14)24-19(25)12-11-18(23-24)27-17-9-5-15(21)6-10-17/h2-12H,1,13H2,(H,22,26). The molecule has 1 aromatic heterocycles. The number of amides is 1. The van der Waals surface area contributed by atoms with Crippen molar-refractivity contribution < 1.29 is 4.79 Å². The van der Waals surface area contributed by atoms with Crippen LogP contribution in [0.25, 0.3) is 5.69 Å². The van der Waals surface area contributed by atoms with Gasteiger partial charge in [-0.05, 0) is 54.6 Å². The third-order valence-electron chi connectivity index (χ3n) is 3.59. The zero-order chi connectivity index (χ0) is 19.2. The van der Waals surface area contributed by atoms with Crippen LogP contribution in [0.15, 0.2) is 88.0 Å². The van der Waals surface area contributed by atoms with E-state index >= 15 is 0 Å². The SMILES string of the molecule is C=CCNC(=O)c1ccc(-n2nc(Sc3ccc(Cl)cc3)ccc2=O)cc1. The van der Waals surface area contributed by atoms with Crippen LogP contribution >= 0.6 is 23.4 Å². The van der Waals surface area contributed by atoms with Crippen LogP contribution in [0.3, 0.4) is 0 Å². The van der Waals surface area contributed by atoms with E-state index in [2.05, 4.69) is 17.0 Å². The van der Waals surface area contributed by atoms with Gasteiger partial charge < -0.3 is 5.32 Å². The van der Waals surface area contributed by atoms with E-state index in [1.807, 2.05) is 12.1 Å². The van der Waals surface area contributed by atoms with Gasteiger partial charge in [-0.2, -0.15) is 9.78 Å². The molecule has 0 fully saturated rings. The summed E-state index contributed by atoms with van der Waals surface area (Å²) in [6.45, 7) is 3.96. The molecule has 0 radical (unpaired) electrons. The molecule has 0 aliphatic rings. The van der Waals surface area contributed by atoms with Gasteiger partial charge in [0.05, 0.1) is 5.69 Å². The first-order chi connectivity index (χ1) is 13.1. The summed E-state index contributed by atoms with van der Waals surface area (Å²) in [5.74, 6) is -0.200. The second-order valence-electron chi connectivity index (χ2n) is 5.52. The predicted molar refractivity (Wildman–Crippen MR) is 108 cm³/mol. The number of nitrogens with zero attached hydrogens (tertiary/aromatic N) is 2. The van der Waals surface area contributed by atoms with Gasteiger partial charge in [-0.1, -0.05) is 29.4 Å². The number of halogens is 1. The van der Waals surface area contributed by atoms with E-state index in [4.69, 9.17) is 11.6 Å². The normalized spacial score (nSPS) is 10.4. The lowest BCUT2D eigenvalue weighted by Gasteiger charge is -2.08. The van der Waals surface area contributed by atoms with Gasteiger partial charge in [-0.25, -0.2) is 0 Å². The van der Waals surface area contributed by atoms with Crippen molar-refractivity contribution in [1.29, 1.82) is 0 Å². The molecule has 1 amide bonds. The number of aromatic nitrogens is 2. The first kappa shape index (κ1) is 18.9. The first-order valence-electron chi connectivity index (χ1n) is 8.10. The van der Waals surface area contributed by atoms with E-state index < -0.39 is 0 Å². The Labute approximate surface area is 165 Å². The maximum atomic E-state index is 12.2. The summed E-state index contributed by atoms with van der Waals surface area (Å²) >= 11 is 7.33. The molecule has 3 aromatic rings. The summed E-state index contributed by atoms with van der Waals surface area (Å²) in [5, 5.41) is 8.44. The van der Waals surface area contributed by atoms with E-state index in [1.165, 1.54) is 22.5 Å². The quantitative estimate of drug-likeness (QED) is 0.639. The van der Waals surface area contributed by atoms with Crippen LogP contribution in [-0.4, -0.2) is 22.2 Å². The van der Waals surface area contributed by atoms with Crippen molar-refractivity contribution in [2.45, 2.75) is 9.92 Å². The van der Waals surface area contributed by atoms with Gasteiger partial charge in [0.2, 0.25) is 0 Å². The van der Waals surface area contributed by atoms with Gasteiger partial charge in [0.1, 0.15) is 5.03 Å². The van der Waals surface area contributed by atoms with Crippen LogP contribution in [0.5, 0.6) is 0 Å². The zero-order valence-electron chi connectivity index (χ0n) is 14.3. The van der Waals surface area contributed by atoms with Crippen LogP contribution in [0.2, 0.25) is 5.02 Å². The summed E-state index contributed by atoms with van der Waals surface area (Å²) in [6.07, 6.45) is 1.61. The van der Waals surface area contributed by atoms with E-state index in [1.54, 1.807) is 48.5 Å². The third-order valence-corrected chi connectivity index (χ3v) is 4.78. The predicted octanol–water partition coefficient (Wildman–Crippen LogP) is 3.95. The Kier molecular flexibility index (Phi) is 6.11. The minimum atomic E-state index is -0.251. The lowest BCUT2D eigenvalue weighted by Crippen LogP contribution is -2.23. The van der Waals surface area contributed by atoms with Crippen LogP contribution in [0, 0.1) is 0 Å². The van der Waals surface area contributed by atoms with Crippen molar-refractivity contribution in [3.8, 4) is 5.69 Å². The summed E-state index contributed by atoms with van der Waals surface area (Å²) in [7, 11) is 0. The molecule has 0 bridgehead atoms. The Morgan fingerprint density at radius 3 is 2.48 bits per heavy atom. The van der Waals surface area contributed by atoms with Gasteiger partial charge >= 0.3 is 0 Å². The number of benzene rings is 2. The Morgan fingerprint density at radius 1 is 1.11 bits per heavy atom. The Morgan fingerprint density at radius 2 is 1.81 bits per heavy atom. The Balaban J connectivity index is 1.83. The molecule has 136 valence electrons. The molecule has 0 unspecified atom stereocenters. The summed E-state index contributed by atoms with van der Waals surface area (Å²) in [4.78, 5) is 25.1. The number of carbonyl (C=O) groups excluding carboxylic acids is 1. The maximum absolute atomic E-state index is 12.2. The number of hydrogen-bond donors (Lipinski definition) is 1. The fourth-order valence-electron chi connectivity index (χ4n) is 2.28. The van der Waals surface area contributed by atoms with Gasteiger partial charge in [0, 0.05) is 28.1 Å². The molecule has 3 rings (SSSR count). The molecule has 0 saturated carbocycles. The molecule has 0 spiro atoms. The molecule has 5 nitrogen and oxygen atoms in total. The second-order valence-corrected chi connectivity index (χ2v) is 7.05. The van der Waals surface area contributed by atoms with Crippen LogP contribution < -0.4 is 10.9 Å². The third kappa shape index (κ3) is 4.87. The number of rotatable bonds is 6. The molecule has 0 saturated heterocycles. The fourth-order valence-corrected chi connectivity index (χ4v) is 3.18. The topological polar surface area (TPSA) is 64.0 Å². The van der Waals surface area contributed by atoms with Gasteiger partial charge in [-0.15, -0.1) is 6.58 Å². The lowest BCUT2D eigenvalue weighted by atomic mass is 10.2. The van der Waals surface area contributed by atoms with E-state index in [0.717, 1.165) is 4.90 Å². The highest BCUT2D eigenvalue weighted by atomic mass is 35.5. The summed E-state index contributed by atoms with van der Waals surface area (Å²) in [6, 6.07) is 17.2. The maximum Gasteiger partial charge on any atom is 0.271 e. The van der Waals surface area contributed by atoms with Crippen LogP contribution in [-0.2, 0) is 0 Å². The van der Waals surface area contributed by atoms with Crippen LogP contribution in [0.4, 0.5) is 0 Å². The fraction of sp³-hybridized carbons (Fsp3) is 0.0500. The van der Waals surface area contributed by atoms with Crippen molar-refractivity contribution >= 4 is 29.3 Å². The second kappa shape index (κ2) is 8.70. The number of nitrogens with one attached hydrogen (secondary N) is 1. The summed E-state index contributed by atoms with van der Waals surface area (Å²) < 4.78 is 1.31. The number of carbonyl (C=O) groups is 1. The smallest absolute Gasteiger partial charge is 0.271 e. The average molecular weight is 398 g/mol. The van der Waals surface area contributed by atoms with Crippen molar-refractivity contribution in [3.05, 3.63) is 94.3 Å². The molecule has 2 aromatic carbocycles. The average Bonchev–Trinajstić information content (AvgIpc) is 2.69. The molecule has 0 aliphatic heterocycles. The minimum Gasteiger partial charge on any atom is -0.349 e. The van der Waals surface area contributed by atoms with Crippen molar-refractivity contribution in [2.75, 3.05) is 6.54 Å². The number of hydrogen-bond acceptors (Lipinski definition) is 4. The Hall–Kier alpha value is -2.83. The molecule has 0 atom stereocenters. The van der Waals surface area contributed by atoms with Crippen molar-refractivity contribution in [3.63, 3.8) is 0 Å². The highest BCUT2D eigenvalue weighted by Gasteiger charge is 2.08. The molecule has 1 heterocycles. The van der Waals surface area contributed by atoms with E-state index in [9.17, 15) is 9.59 Å². The molecule has 0 aliphatic carbocycles. The summed E-state index contributed by atoms with van der Waals surface area (Å²) in [5.41, 5.74) is 0.832. The largest absolute Gasteiger partial charge is 0.349 e. The van der Waals surface area contributed by atoms with E-state index in [0.29, 0.717) is 27.8 Å². The molecule has 27 heavy (non-hydrogen) atoms. The van der Waals surface area contributed by atoms with Crippen molar-refractivity contribution in [2.24, 2.45) is 0 Å². The van der Waals surface area contributed by atoms with Gasteiger partial charge in [0.25, 0.3) is 11.5 Å². The zero-order valence-corrected chi connectivity index (χ0v) is 15.8. The van der Waals surface area contributed by atoms with Crippen LogP contribution in [0.1, 0.15) is 10.4 Å². The molecular formula is C20H16ClN3O2S. The van der Waals surface area contributed by atoms with Crippen molar-refractivity contribution in [1.82, 2.24) is 15.1 Å². The minimum absolute atomic E-state index is 0.200. The lowest BCUT2D eigenvalue weighted by molar-refractivity contribution is 0.0958. The van der Waals surface area contributed by atoms with Gasteiger partial charge in [-0.3, -0.25) is 9.59 Å². The molecule has 7 heteroatoms. The van der Waals surface area contributed by atoms with E-state index in [-0.39, 0.29) is 11.5 Å². The Bertz CT molecular complexity index is 1010.